The summed E-state index contributed by atoms with van der Waals surface area (Å²) in [6.45, 7) is 0. The number of oxime groups is 1. The van der Waals surface area contributed by atoms with Gasteiger partial charge in [0, 0.05) is 16.0 Å². The Hall–Kier alpha value is -1.92. The van der Waals surface area contributed by atoms with Crippen LogP contribution in [0.2, 0.25) is 5.02 Å². The highest BCUT2D eigenvalue weighted by molar-refractivity contribution is 7.99. The van der Waals surface area contributed by atoms with Crippen molar-refractivity contribution in [3.8, 4) is 5.75 Å². The third-order valence-corrected chi connectivity index (χ3v) is 3.70. The van der Waals surface area contributed by atoms with E-state index in [9.17, 15) is 0 Å². The minimum absolute atomic E-state index is 0.0577. The quantitative estimate of drug-likeness (QED) is 0.393. The van der Waals surface area contributed by atoms with E-state index >= 15 is 0 Å². The molecule has 0 radical (unpaired) electrons. The van der Waals surface area contributed by atoms with Gasteiger partial charge in [-0.15, -0.1) is 0 Å². The standard InChI is InChI=1S/C13H12ClN3O2S/c1-19-9-2-4-10(5-3-9)20-11-6-8(14)7-16-12(11)13(15)17-18/h2-7,18H,1H3,(H2,15,17). The lowest BCUT2D eigenvalue weighted by molar-refractivity contribution is 0.318. The molecule has 0 saturated carbocycles. The number of nitrogens with zero attached hydrogens (tertiary/aromatic N) is 2. The van der Waals surface area contributed by atoms with Gasteiger partial charge in [0.1, 0.15) is 11.4 Å². The van der Waals surface area contributed by atoms with Crippen molar-refractivity contribution in [3.63, 3.8) is 0 Å². The Morgan fingerprint density at radius 3 is 2.70 bits per heavy atom. The number of aromatic nitrogens is 1. The summed E-state index contributed by atoms with van der Waals surface area (Å²) in [5.41, 5.74) is 5.99. The number of methoxy groups -OCH3 is 1. The zero-order valence-electron chi connectivity index (χ0n) is 10.6. The molecule has 0 aliphatic rings. The van der Waals surface area contributed by atoms with Crippen LogP contribution in [0.1, 0.15) is 5.69 Å². The minimum atomic E-state index is -0.0577. The van der Waals surface area contributed by atoms with Crippen LogP contribution >= 0.6 is 23.4 Å². The average molecular weight is 310 g/mol. The van der Waals surface area contributed by atoms with Crippen molar-refractivity contribution in [1.29, 1.82) is 0 Å². The third-order valence-electron chi connectivity index (χ3n) is 2.46. The van der Waals surface area contributed by atoms with E-state index in [0.717, 1.165) is 10.6 Å². The molecular formula is C13H12ClN3O2S. The number of benzene rings is 1. The number of amidine groups is 1. The first-order valence-corrected chi connectivity index (χ1v) is 6.79. The summed E-state index contributed by atoms with van der Waals surface area (Å²) in [7, 11) is 1.61. The Morgan fingerprint density at radius 1 is 1.40 bits per heavy atom. The van der Waals surface area contributed by atoms with Crippen LogP contribution in [0.25, 0.3) is 0 Å². The Labute approximate surface area is 125 Å². The van der Waals surface area contributed by atoms with Crippen LogP contribution in [-0.4, -0.2) is 23.1 Å². The summed E-state index contributed by atoms with van der Waals surface area (Å²) in [5, 5.41) is 12.2. The molecule has 1 aromatic heterocycles. The van der Waals surface area contributed by atoms with Crippen molar-refractivity contribution < 1.29 is 9.94 Å². The lowest BCUT2D eigenvalue weighted by atomic mass is 10.3. The van der Waals surface area contributed by atoms with E-state index in [-0.39, 0.29) is 5.84 Å². The fraction of sp³-hybridized carbons (Fsp3) is 0.0769. The largest absolute Gasteiger partial charge is 0.497 e. The zero-order valence-corrected chi connectivity index (χ0v) is 12.1. The second-order valence-corrected chi connectivity index (χ2v) is 5.31. The summed E-state index contributed by atoms with van der Waals surface area (Å²) < 4.78 is 5.10. The Bertz CT molecular complexity index is 632. The predicted octanol–water partition coefficient (Wildman–Crippen LogP) is 2.99. The van der Waals surface area contributed by atoms with Crippen LogP contribution in [0.5, 0.6) is 5.75 Å². The van der Waals surface area contributed by atoms with Crippen LogP contribution in [-0.2, 0) is 0 Å². The third kappa shape index (κ3) is 3.34. The van der Waals surface area contributed by atoms with Crippen LogP contribution in [0.4, 0.5) is 0 Å². The highest BCUT2D eigenvalue weighted by Crippen LogP contribution is 2.32. The molecule has 0 saturated heterocycles. The highest BCUT2D eigenvalue weighted by atomic mass is 35.5. The number of hydrogen-bond acceptors (Lipinski definition) is 5. The first-order valence-electron chi connectivity index (χ1n) is 5.59. The van der Waals surface area contributed by atoms with E-state index < -0.39 is 0 Å². The molecule has 0 aliphatic carbocycles. The molecule has 1 heterocycles. The molecule has 2 rings (SSSR count). The van der Waals surface area contributed by atoms with Gasteiger partial charge in [-0.05, 0) is 30.3 Å². The van der Waals surface area contributed by atoms with Gasteiger partial charge in [-0.3, -0.25) is 4.98 Å². The molecule has 2 aromatic rings. The van der Waals surface area contributed by atoms with Gasteiger partial charge in [0.15, 0.2) is 5.84 Å². The van der Waals surface area contributed by atoms with Crippen molar-refractivity contribution in [3.05, 3.63) is 47.2 Å². The van der Waals surface area contributed by atoms with E-state index in [4.69, 9.17) is 27.3 Å². The van der Waals surface area contributed by atoms with E-state index in [1.54, 1.807) is 13.2 Å². The Balaban J connectivity index is 2.33. The lowest BCUT2D eigenvalue weighted by Crippen LogP contribution is -2.16. The van der Waals surface area contributed by atoms with Crippen molar-refractivity contribution in [2.45, 2.75) is 9.79 Å². The van der Waals surface area contributed by atoms with Crippen LogP contribution in [0, 0.1) is 0 Å². The smallest absolute Gasteiger partial charge is 0.189 e. The second-order valence-electron chi connectivity index (χ2n) is 3.76. The topological polar surface area (TPSA) is 80.7 Å². The van der Waals surface area contributed by atoms with E-state index in [2.05, 4.69) is 10.1 Å². The summed E-state index contributed by atoms with van der Waals surface area (Å²) in [5.74, 6) is 0.716. The molecule has 3 N–H and O–H groups in total. The van der Waals surface area contributed by atoms with Gasteiger partial charge in [0.25, 0.3) is 0 Å². The molecule has 0 amide bonds. The summed E-state index contributed by atoms with van der Waals surface area (Å²) in [6, 6.07) is 9.23. The SMILES string of the molecule is COc1ccc(Sc2cc(Cl)cnc2C(N)=NO)cc1. The molecule has 20 heavy (non-hydrogen) atoms. The van der Waals surface area contributed by atoms with Gasteiger partial charge in [0.05, 0.1) is 12.1 Å². The Kier molecular flexibility index (Phi) is 4.70. The number of nitrogens with two attached hydrogens (primary N) is 1. The maximum absolute atomic E-state index is 8.78. The second kappa shape index (κ2) is 6.49. The first kappa shape index (κ1) is 14.5. The van der Waals surface area contributed by atoms with Crippen molar-refractivity contribution in [2.24, 2.45) is 10.9 Å². The van der Waals surface area contributed by atoms with Crippen LogP contribution in [0.3, 0.4) is 0 Å². The van der Waals surface area contributed by atoms with Crippen molar-refractivity contribution >= 4 is 29.2 Å². The van der Waals surface area contributed by atoms with Gasteiger partial charge in [0.2, 0.25) is 0 Å². The maximum Gasteiger partial charge on any atom is 0.189 e. The van der Waals surface area contributed by atoms with E-state index in [0.29, 0.717) is 15.6 Å². The molecule has 0 fully saturated rings. The maximum atomic E-state index is 8.78. The van der Waals surface area contributed by atoms with Gasteiger partial charge >= 0.3 is 0 Å². The number of pyridine rings is 1. The van der Waals surface area contributed by atoms with Gasteiger partial charge in [-0.1, -0.05) is 28.5 Å². The summed E-state index contributed by atoms with van der Waals surface area (Å²) in [6.07, 6.45) is 1.45. The normalized spacial score (nSPS) is 11.4. The molecular weight excluding hydrogens is 298 g/mol. The van der Waals surface area contributed by atoms with Gasteiger partial charge < -0.3 is 15.7 Å². The lowest BCUT2D eigenvalue weighted by Gasteiger charge is -2.08. The van der Waals surface area contributed by atoms with Crippen molar-refractivity contribution in [1.82, 2.24) is 4.98 Å². The number of hydrogen-bond donors (Lipinski definition) is 2. The zero-order chi connectivity index (χ0) is 14.5. The van der Waals surface area contributed by atoms with Crippen LogP contribution in [0.15, 0.2) is 51.5 Å². The molecule has 0 atom stereocenters. The van der Waals surface area contributed by atoms with Crippen molar-refractivity contribution in [2.75, 3.05) is 7.11 Å². The average Bonchev–Trinajstić information content (AvgIpc) is 2.47. The Morgan fingerprint density at radius 2 is 2.10 bits per heavy atom. The fourth-order valence-electron chi connectivity index (χ4n) is 1.51. The van der Waals surface area contributed by atoms with Gasteiger partial charge in [-0.2, -0.15) is 0 Å². The number of rotatable bonds is 4. The molecule has 7 heteroatoms. The first-order chi connectivity index (χ1) is 9.63. The molecule has 1 aromatic carbocycles. The monoisotopic (exact) mass is 309 g/mol. The van der Waals surface area contributed by atoms with E-state index in [1.807, 2.05) is 24.3 Å². The van der Waals surface area contributed by atoms with Crippen LogP contribution < -0.4 is 10.5 Å². The minimum Gasteiger partial charge on any atom is -0.497 e. The predicted molar refractivity (Wildman–Crippen MR) is 78.9 cm³/mol. The van der Waals surface area contributed by atoms with E-state index in [1.165, 1.54) is 18.0 Å². The molecule has 5 nitrogen and oxygen atoms in total. The molecule has 0 bridgehead atoms. The summed E-state index contributed by atoms with van der Waals surface area (Å²) in [4.78, 5) is 5.75. The highest BCUT2D eigenvalue weighted by Gasteiger charge is 2.11. The molecule has 0 unspecified atom stereocenters. The molecule has 104 valence electrons. The molecule has 0 spiro atoms. The van der Waals surface area contributed by atoms with Gasteiger partial charge in [-0.25, -0.2) is 0 Å². The fourth-order valence-corrected chi connectivity index (χ4v) is 2.70. The number of ether oxygens (including phenoxy) is 1. The number of halogens is 1. The summed E-state index contributed by atoms with van der Waals surface area (Å²) >= 11 is 7.36. The molecule has 0 aliphatic heterocycles.